The highest BCUT2D eigenvalue weighted by Crippen LogP contribution is 2.38. The number of aromatic nitrogens is 1. The lowest BCUT2D eigenvalue weighted by molar-refractivity contribution is -0.142. The zero-order valence-electron chi connectivity index (χ0n) is 19.8. The number of nitrogens with zero attached hydrogens (tertiary/aromatic N) is 1. The first-order valence-corrected chi connectivity index (χ1v) is 13.4. The summed E-state index contributed by atoms with van der Waals surface area (Å²) in [5, 5.41) is 2.86. The van der Waals surface area contributed by atoms with Gasteiger partial charge < -0.3 is 14.5 Å². The van der Waals surface area contributed by atoms with Gasteiger partial charge in [0.2, 0.25) is 8.32 Å². The van der Waals surface area contributed by atoms with Crippen LogP contribution < -0.4 is 9.74 Å². The fraction of sp³-hybridized carbons (Fsp3) is 0.458. The predicted octanol–water partition coefficient (Wildman–Crippen LogP) is 4.60. The van der Waals surface area contributed by atoms with Crippen LogP contribution in [0.3, 0.4) is 0 Å². The second-order valence-electron chi connectivity index (χ2n) is 9.37. The topological polar surface area (TPSA) is 77.5 Å². The Kier molecular flexibility index (Phi) is 7.65. The van der Waals surface area contributed by atoms with Crippen molar-refractivity contribution in [2.24, 2.45) is 0 Å². The normalized spacial score (nSPS) is 12.8. The Morgan fingerprint density at radius 1 is 1.13 bits per heavy atom. The van der Waals surface area contributed by atoms with E-state index < -0.39 is 26.2 Å². The highest BCUT2D eigenvalue weighted by molar-refractivity contribution is 6.74. The van der Waals surface area contributed by atoms with E-state index in [2.05, 4.69) is 44.2 Å². The molecule has 0 saturated carbocycles. The molecule has 2 rings (SSSR count). The lowest BCUT2D eigenvalue weighted by Crippen LogP contribution is -2.44. The minimum Gasteiger partial charge on any atom is -0.543 e. The number of carbonyl (C=O) groups excluding carboxylic acids is 2. The molecule has 1 amide bonds. The van der Waals surface area contributed by atoms with Gasteiger partial charge >= 0.3 is 5.97 Å². The van der Waals surface area contributed by atoms with Crippen LogP contribution in [0.2, 0.25) is 18.1 Å². The smallest absolute Gasteiger partial charge is 0.328 e. The molecule has 2 aromatic rings. The summed E-state index contributed by atoms with van der Waals surface area (Å²) in [5.41, 5.74) is 3.26. The summed E-state index contributed by atoms with van der Waals surface area (Å²) >= 11 is 0. The summed E-state index contributed by atoms with van der Waals surface area (Å²) in [4.78, 5) is 29.0. The Bertz CT molecular complexity index is 913. The van der Waals surface area contributed by atoms with Crippen molar-refractivity contribution in [3.05, 3.63) is 58.9 Å². The molecular formula is C24H34N2O4Si. The van der Waals surface area contributed by atoms with Crippen molar-refractivity contribution in [3.63, 3.8) is 0 Å². The first-order chi connectivity index (χ1) is 14.4. The number of pyridine rings is 1. The van der Waals surface area contributed by atoms with Gasteiger partial charge in [-0.15, -0.1) is 0 Å². The Morgan fingerprint density at radius 3 is 2.23 bits per heavy atom. The maximum absolute atomic E-state index is 12.5. The van der Waals surface area contributed by atoms with Crippen LogP contribution in [-0.2, 0) is 16.0 Å². The van der Waals surface area contributed by atoms with E-state index in [0.29, 0.717) is 6.42 Å². The molecule has 31 heavy (non-hydrogen) atoms. The van der Waals surface area contributed by atoms with E-state index in [0.717, 1.165) is 22.4 Å². The van der Waals surface area contributed by atoms with Gasteiger partial charge in [0.25, 0.3) is 5.91 Å². The van der Waals surface area contributed by atoms with Crippen molar-refractivity contribution in [2.45, 2.75) is 65.2 Å². The van der Waals surface area contributed by atoms with Crippen LogP contribution >= 0.6 is 0 Å². The lowest BCUT2D eigenvalue weighted by atomic mass is 9.96. The molecular weight excluding hydrogens is 408 g/mol. The highest BCUT2D eigenvalue weighted by Gasteiger charge is 2.39. The summed E-state index contributed by atoms with van der Waals surface area (Å²) in [6, 6.07) is 8.27. The van der Waals surface area contributed by atoms with Crippen LogP contribution in [0.4, 0.5) is 0 Å². The molecule has 1 heterocycles. The second kappa shape index (κ2) is 9.64. The zero-order chi connectivity index (χ0) is 23.4. The van der Waals surface area contributed by atoms with E-state index in [1.807, 2.05) is 26.0 Å². The number of ether oxygens (including phenoxy) is 1. The number of carbonyl (C=O) groups is 2. The van der Waals surface area contributed by atoms with E-state index in [-0.39, 0.29) is 10.7 Å². The maximum Gasteiger partial charge on any atom is 0.328 e. The molecule has 0 aliphatic rings. The molecule has 0 unspecified atom stereocenters. The fourth-order valence-electron chi connectivity index (χ4n) is 3.05. The SMILES string of the molecule is COC(=O)[C@H](Cc1c(C)cc(O[Si](C)(C)C(C)(C)C)cc1C)NC(=O)c1ccccn1. The van der Waals surface area contributed by atoms with Crippen molar-refractivity contribution in [2.75, 3.05) is 7.11 Å². The van der Waals surface area contributed by atoms with Gasteiger partial charge in [-0.2, -0.15) is 0 Å². The molecule has 7 heteroatoms. The maximum atomic E-state index is 12.5. The third kappa shape index (κ3) is 6.16. The van der Waals surface area contributed by atoms with Gasteiger partial charge in [0.1, 0.15) is 17.5 Å². The van der Waals surface area contributed by atoms with Crippen LogP contribution in [0.15, 0.2) is 36.5 Å². The molecule has 0 aliphatic heterocycles. The number of hydrogen-bond acceptors (Lipinski definition) is 5. The van der Waals surface area contributed by atoms with Gasteiger partial charge in [-0.25, -0.2) is 4.79 Å². The Balaban J connectivity index is 2.27. The number of amides is 1. The number of benzene rings is 1. The van der Waals surface area contributed by atoms with Gasteiger partial charge in [0.05, 0.1) is 7.11 Å². The first kappa shape index (κ1) is 24.6. The molecule has 0 bridgehead atoms. The van der Waals surface area contributed by atoms with Gasteiger partial charge in [-0.1, -0.05) is 26.8 Å². The largest absolute Gasteiger partial charge is 0.543 e. The molecule has 1 aromatic carbocycles. The molecule has 6 nitrogen and oxygen atoms in total. The van der Waals surface area contributed by atoms with Crippen LogP contribution in [0.25, 0.3) is 0 Å². The first-order valence-electron chi connectivity index (χ1n) is 10.4. The Morgan fingerprint density at radius 2 is 1.74 bits per heavy atom. The molecule has 0 spiro atoms. The van der Waals surface area contributed by atoms with E-state index >= 15 is 0 Å². The molecule has 0 aliphatic carbocycles. The summed E-state index contributed by atoms with van der Waals surface area (Å²) in [6.07, 6.45) is 1.86. The minimum atomic E-state index is -1.96. The molecule has 0 fully saturated rings. The van der Waals surface area contributed by atoms with E-state index in [1.54, 1.807) is 18.2 Å². The standard InChI is InChI=1S/C24H34N2O4Si/c1-16-13-18(30-31(7,8)24(3,4)5)14-17(2)19(16)15-21(23(28)29-6)26-22(27)20-11-9-10-12-25-20/h9-14,21H,15H2,1-8H3,(H,26,27)/t21-/m0/s1. The van der Waals surface area contributed by atoms with Gasteiger partial charge in [-0.3, -0.25) is 9.78 Å². The summed E-state index contributed by atoms with van der Waals surface area (Å²) in [5.74, 6) is -0.0636. The average molecular weight is 443 g/mol. The summed E-state index contributed by atoms with van der Waals surface area (Å²) in [7, 11) is -0.644. The monoisotopic (exact) mass is 442 g/mol. The van der Waals surface area contributed by atoms with Crippen molar-refractivity contribution in [1.29, 1.82) is 0 Å². The summed E-state index contributed by atoms with van der Waals surface area (Å²) < 4.78 is 11.4. The van der Waals surface area contributed by atoms with Gasteiger partial charge in [0.15, 0.2) is 0 Å². The van der Waals surface area contributed by atoms with Crippen molar-refractivity contribution in [1.82, 2.24) is 10.3 Å². The molecule has 1 atom stereocenters. The highest BCUT2D eigenvalue weighted by atomic mass is 28.4. The third-order valence-corrected chi connectivity index (χ3v) is 10.3. The molecule has 1 aromatic heterocycles. The van der Waals surface area contributed by atoms with E-state index in [9.17, 15) is 9.59 Å². The molecule has 1 N–H and O–H groups in total. The Hall–Kier alpha value is -2.67. The van der Waals surface area contributed by atoms with Crippen molar-refractivity contribution < 1.29 is 18.8 Å². The Labute approximate surface area is 186 Å². The predicted molar refractivity (Wildman–Crippen MR) is 125 cm³/mol. The fourth-order valence-corrected chi connectivity index (χ4v) is 4.06. The number of methoxy groups -OCH3 is 1. The van der Waals surface area contributed by atoms with Crippen LogP contribution in [0.1, 0.15) is 48.0 Å². The molecule has 0 radical (unpaired) electrons. The molecule has 0 saturated heterocycles. The summed E-state index contributed by atoms with van der Waals surface area (Å²) in [6.45, 7) is 15.0. The quantitative estimate of drug-likeness (QED) is 0.501. The lowest BCUT2D eigenvalue weighted by Gasteiger charge is -2.36. The van der Waals surface area contributed by atoms with Crippen LogP contribution in [0, 0.1) is 13.8 Å². The number of hydrogen-bond donors (Lipinski definition) is 1. The minimum absolute atomic E-state index is 0.0964. The number of rotatable bonds is 7. The second-order valence-corrected chi connectivity index (χ2v) is 14.1. The zero-order valence-corrected chi connectivity index (χ0v) is 20.8. The van der Waals surface area contributed by atoms with Crippen molar-refractivity contribution in [3.8, 4) is 5.75 Å². The average Bonchev–Trinajstić information content (AvgIpc) is 2.68. The number of esters is 1. The van der Waals surface area contributed by atoms with Crippen LogP contribution in [-0.4, -0.2) is 38.3 Å². The number of nitrogens with one attached hydrogen (secondary N) is 1. The number of aryl methyl sites for hydroxylation is 2. The molecule has 168 valence electrons. The van der Waals surface area contributed by atoms with E-state index in [1.165, 1.54) is 13.3 Å². The third-order valence-electron chi connectivity index (χ3n) is 5.95. The van der Waals surface area contributed by atoms with Crippen LogP contribution in [0.5, 0.6) is 5.75 Å². The van der Waals surface area contributed by atoms with Gasteiger partial charge in [0, 0.05) is 12.6 Å². The van der Waals surface area contributed by atoms with Crippen molar-refractivity contribution >= 4 is 20.2 Å². The van der Waals surface area contributed by atoms with Gasteiger partial charge in [-0.05, 0) is 72.9 Å². The van der Waals surface area contributed by atoms with E-state index in [4.69, 9.17) is 9.16 Å².